The molecule has 4 aromatic rings. The van der Waals surface area contributed by atoms with Gasteiger partial charge in [0.1, 0.15) is 36.2 Å². The molecule has 0 saturated heterocycles. The second kappa shape index (κ2) is 12.9. The smallest absolute Gasteiger partial charge is 0.127 e. The molecule has 4 aromatic carbocycles. The number of rotatable bonds is 9. The van der Waals surface area contributed by atoms with Gasteiger partial charge >= 0.3 is 0 Å². The van der Waals surface area contributed by atoms with Crippen LogP contribution in [0.1, 0.15) is 13.8 Å². The zero-order valence-corrected chi connectivity index (χ0v) is 18.7. The summed E-state index contributed by atoms with van der Waals surface area (Å²) in [5.41, 5.74) is 0. The molecule has 0 atom stereocenters. The van der Waals surface area contributed by atoms with E-state index in [2.05, 4.69) is 12.1 Å². The molecule has 0 N–H and O–H groups in total. The first-order chi connectivity index (χ1) is 15.8. The fraction of sp³-hybridized carbons (Fsp3) is 0.214. The first kappa shape index (κ1) is 23.0. The highest BCUT2D eigenvalue weighted by atomic mass is 16.5. The molecule has 0 fully saturated rings. The number of benzene rings is 4. The molecule has 4 nitrogen and oxygen atoms in total. The van der Waals surface area contributed by atoms with Crippen molar-refractivity contribution in [3.05, 3.63) is 97.1 Å². The Labute approximate surface area is 190 Å². The maximum Gasteiger partial charge on any atom is 0.127 e. The Morgan fingerprint density at radius 1 is 0.438 bits per heavy atom. The van der Waals surface area contributed by atoms with Gasteiger partial charge in [0.25, 0.3) is 0 Å². The van der Waals surface area contributed by atoms with Gasteiger partial charge in [-0.15, -0.1) is 0 Å². The third-order valence-corrected chi connectivity index (χ3v) is 4.55. The van der Waals surface area contributed by atoms with Crippen LogP contribution in [0, 0.1) is 0 Å². The Kier molecular flexibility index (Phi) is 9.28. The van der Waals surface area contributed by atoms with Crippen LogP contribution < -0.4 is 18.9 Å². The van der Waals surface area contributed by atoms with Gasteiger partial charge in [-0.25, -0.2) is 0 Å². The third kappa shape index (κ3) is 6.95. The van der Waals surface area contributed by atoms with Crippen LogP contribution in [0.5, 0.6) is 23.0 Å². The Hall–Kier alpha value is -3.66. The van der Waals surface area contributed by atoms with E-state index in [9.17, 15) is 0 Å². The molecular weight excluding hydrogens is 400 g/mol. The minimum atomic E-state index is 0.554. The largest absolute Gasteiger partial charge is 0.493 e. The minimum absolute atomic E-state index is 0.554. The Balaban J connectivity index is 0.000000181. The van der Waals surface area contributed by atoms with Gasteiger partial charge in [0, 0.05) is 10.8 Å². The summed E-state index contributed by atoms with van der Waals surface area (Å²) in [7, 11) is 0. The summed E-state index contributed by atoms with van der Waals surface area (Å²) in [6.07, 6.45) is 0. The monoisotopic (exact) mass is 430 g/mol. The highest BCUT2D eigenvalue weighted by Crippen LogP contribution is 2.33. The normalized spacial score (nSPS) is 10.1. The van der Waals surface area contributed by atoms with Gasteiger partial charge in [-0.05, 0) is 50.2 Å². The summed E-state index contributed by atoms with van der Waals surface area (Å²) in [4.78, 5) is 0. The molecule has 0 aliphatic carbocycles. The van der Waals surface area contributed by atoms with Crippen LogP contribution in [-0.4, -0.2) is 26.4 Å². The van der Waals surface area contributed by atoms with E-state index >= 15 is 0 Å². The van der Waals surface area contributed by atoms with Crippen LogP contribution in [-0.2, 0) is 0 Å². The van der Waals surface area contributed by atoms with E-state index in [1.54, 1.807) is 0 Å². The molecule has 166 valence electrons. The predicted molar refractivity (Wildman–Crippen MR) is 130 cm³/mol. The van der Waals surface area contributed by atoms with E-state index in [1.807, 2.05) is 98.8 Å². The van der Waals surface area contributed by atoms with Crippen molar-refractivity contribution in [2.24, 2.45) is 0 Å². The molecule has 4 heteroatoms. The van der Waals surface area contributed by atoms with Gasteiger partial charge in [-0.3, -0.25) is 0 Å². The van der Waals surface area contributed by atoms with Crippen LogP contribution in [0.2, 0.25) is 0 Å². The van der Waals surface area contributed by atoms with Gasteiger partial charge in [0.2, 0.25) is 0 Å². The van der Waals surface area contributed by atoms with Gasteiger partial charge in [-0.2, -0.15) is 0 Å². The molecule has 32 heavy (non-hydrogen) atoms. The summed E-state index contributed by atoms with van der Waals surface area (Å²) in [5, 5.41) is 2.21. The molecular formula is C28H30O4. The third-order valence-electron chi connectivity index (χ3n) is 4.55. The summed E-state index contributed by atoms with van der Waals surface area (Å²) in [5.74, 6) is 3.58. The Morgan fingerprint density at radius 2 is 0.812 bits per heavy atom. The fourth-order valence-electron chi connectivity index (χ4n) is 3.16. The summed E-state index contributed by atoms with van der Waals surface area (Å²) in [6.45, 7) is 6.45. The fourth-order valence-corrected chi connectivity index (χ4v) is 3.16. The topological polar surface area (TPSA) is 36.9 Å². The highest BCUT2D eigenvalue weighted by Gasteiger charge is 2.06. The molecule has 0 saturated carbocycles. The van der Waals surface area contributed by atoms with Crippen LogP contribution in [0.15, 0.2) is 97.1 Å². The molecule has 0 amide bonds. The maximum absolute atomic E-state index is 5.60. The number of ether oxygens (including phenoxy) is 4. The van der Waals surface area contributed by atoms with E-state index in [4.69, 9.17) is 18.9 Å². The van der Waals surface area contributed by atoms with Crippen LogP contribution in [0.4, 0.5) is 0 Å². The summed E-state index contributed by atoms with van der Waals surface area (Å²) in [6, 6.07) is 31.6. The zero-order valence-electron chi connectivity index (χ0n) is 18.7. The zero-order chi connectivity index (χ0) is 22.4. The number of hydrogen-bond donors (Lipinski definition) is 0. The first-order valence-corrected chi connectivity index (χ1v) is 10.9. The van der Waals surface area contributed by atoms with E-state index in [0.29, 0.717) is 26.4 Å². The van der Waals surface area contributed by atoms with Gasteiger partial charge in [-0.1, -0.05) is 60.7 Å². The molecule has 4 rings (SSSR count). The van der Waals surface area contributed by atoms with E-state index in [1.165, 1.54) is 0 Å². The van der Waals surface area contributed by atoms with E-state index in [-0.39, 0.29) is 0 Å². The number of fused-ring (bicyclic) bond motifs is 1. The molecule has 0 bridgehead atoms. The van der Waals surface area contributed by atoms with Crippen LogP contribution >= 0.6 is 0 Å². The summed E-state index contributed by atoms with van der Waals surface area (Å²) >= 11 is 0. The second-order valence-corrected chi connectivity index (χ2v) is 6.80. The number of hydrogen-bond acceptors (Lipinski definition) is 4. The molecule has 0 radical (unpaired) electrons. The van der Waals surface area contributed by atoms with E-state index < -0.39 is 0 Å². The van der Waals surface area contributed by atoms with Gasteiger partial charge < -0.3 is 18.9 Å². The average Bonchev–Trinajstić information content (AvgIpc) is 2.85. The van der Waals surface area contributed by atoms with Crippen molar-refractivity contribution in [2.45, 2.75) is 13.8 Å². The quantitative estimate of drug-likeness (QED) is 0.274. The lowest BCUT2D eigenvalue weighted by molar-refractivity contribution is 0.217. The molecule has 0 aliphatic rings. The van der Waals surface area contributed by atoms with Crippen LogP contribution in [0.25, 0.3) is 10.8 Å². The molecule has 0 heterocycles. The van der Waals surface area contributed by atoms with Crippen molar-refractivity contribution in [1.29, 1.82) is 0 Å². The molecule has 0 spiro atoms. The van der Waals surface area contributed by atoms with Crippen molar-refractivity contribution in [1.82, 2.24) is 0 Å². The standard InChI is InChI=1S/C14H16O2.C14H14O2/c1-3-15-13-9-10-14(16-4-2)12-8-6-5-7-11(12)13;1-3-7-13(8-4-1)15-11-12-16-14-9-5-2-6-10-14/h5-10H,3-4H2,1-2H3;1-10H,11-12H2. The average molecular weight is 431 g/mol. The lowest BCUT2D eigenvalue weighted by Gasteiger charge is -2.11. The van der Waals surface area contributed by atoms with Crippen molar-refractivity contribution < 1.29 is 18.9 Å². The lowest BCUT2D eigenvalue weighted by atomic mass is 10.1. The highest BCUT2D eigenvalue weighted by molar-refractivity contribution is 5.93. The minimum Gasteiger partial charge on any atom is -0.493 e. The first-order valence-electron chi connectivity index (χ1n) is 10.9. The van der Waals surface area contributed by atoms with Gasteiger partial charge in [0.15, 0.2) is 0 Å². The van der Waals surface area contributed by atoms with Crippen molar-refractivity contribution >= 4 is 10.8 Å². The second-order valence-electron chi connectivity index (χ2n) is 6.80. The van der Waals surface area contributed by atoms with Crippen LogP contribution in [0.3, 0.4) is 0 Å². The lowest BCUT2D eigenvalue weighted by Crippen LogP contribution is -2.08. The molecule has 0 aromatic heterocycles. The summed E-state index contributed by atoms with van der Waals surface area (Å²) < 4.78 is 22.2. The number of para-hydroxylation sites is 2. The molecule has 0 unspecified atom stereocenters. The van der Waals surface area contributed by atoms with Crippen molar-refractivity contribution in [3.8, 4) is 23.0 Å². The van der Waals surface area contributed by atoms with Crippen molar-refractivity contribution in [3.63, 3.8) is 0 Å². The Morgan fingerprint density at radius 3 is 1.19 bits per heavy atom. The van der Waals surface area contributed by atoms with E-state index in [0.717, 1.165) is 33.8 Å². The maximum atomic E-state index is 5.60. The van der Waals surface area contributed by atoms with Gasteiger partial charge in [0.05, 0.1) is 13.2 Å². The van der Waals surface area contributed by atoms with Crippen molar-refractivity contribution in [2.75, 3.05) is 26.4 Å². The SMILES string of the molecule is CCOc1ccc(OCC)c2ccccc12.c1ccc(OCCOc2ccccc2)cc1. The predicted octanol–water partition coefficient (Wildman–Crippen LogP) is 6.78. The Bertz CT molecular complexity index is 963. The molecule has 0 aliphatic heterocycles.